The summed E-state index contributed by atoms with van der Waals surface area (Å²) in [6.45, 7) is 3.28. The number of hydrogen-bond acceptors (Lipinski definition) is 4. The minimum atomic E-state index is -0.158. The summed E-state index contributed by atoms with van der Waals surface area (Å²) >= 11 is 1.15. The summed E-state index contributed by atoms with van der Waals surface area (Å²) in [4.78, 5) is 0.961. The summed E-state index contributed by atoms with van der Waals surface area (Å²) < 4.78 is 16.6. The molecule has 0 radical (unpaired) electrons. The number of nitrogens with zero attached hydrogens (tertiary/aromatic N) is 4. The Morgan fingerprint density at radius 1 is 1.33 bits per heavy atom. The van der Waals surface area contributed by atoms with Gasteiger partial charge in [-0.3, -0.25) is 9.36 Å². The third-order valence-corrected chi connectivity index (χ3v) is 4.05. The molecule has 0 aliphatic heterocycles. The van der Waals surface area contributed by atoms with Crippen LogP contribution in [0.1, 0.15) is 16.1 Å². The highest BCUT2D eigenvalue weighted by molar-refractivity contribution is 7.10. The second kappa shape index (κ2) is 5.69. The zero-order chi connectivity index (χ0) is 14.8. The Morgan fingerprint density at radius 2 is 2.19 bits per heavy atom. The number of thiophene rings is 1. The summed E-state index contributed by atoms with van der Waals surface area (Å²) in [6, 6.07) is 3.27. The molecule has 0 saturated heterocycles. The lowest BCUT2D eigenvalue weighted by molar-refractivity contribution is 0.657. The van der Waals surface area contributed by atoms with E-state index in [9.17, 15) is 4.39 Å². The first-order chi connectivity index (χ1) is 10.1. The molecule has 0 saturated carbocycles. The molecular formula is C14H16FN5S. The van der Waals surface area contributed by atoms with Crippen LogP contribution >= 0.6 is 11.3 Å². The molecule has 0 bridgehead atoms. The lowest BCUT2D eigenvalue weighted by Crippen LogP contribution is -2.00. The van der Waals surface area contributed by atoms with E-state index in [1.807, 2.05) is 31.0 Å². The summed E-state index contributed by atoms with van der Waals surface area (Å²) in [7, 11) is 1.91. The molecule has 5 nitrogen and oxygen atoms in total. The highest BCUT2D eigenvalue weighted by atomic mass is 32.1. The van der Waals surface area contributed by atoms with Gasteiger partial charge in [0.15, 0.2) is 5.13 Å². The van der Waals surface area contributed by atoms with Crippen molar-refractivity contribution in [1.82, 2.24) is 19.6 Å². The second-order valence-electron chi connectivity index (χ2n) is 4.90. The Hall–Kier alpha value is -2.15. The molecule has 1 N–H and O–H groups in total. The molecule has 3 aromatic heterocycles. The van der Waals surface area contributed by atoms with Gasteiger partial charge >= 0.3 is 0 Å². The van der Waals surface area contributed by atoms with E-state index in [0.29, 0.717) is 13.1 Å². The normalized spacial score (nSPS) is 11.0. The molecular weight excluding hydrogens is 289 g/mol. The highest BCUT2D eigenvalue weighted by Crippen LogP contribution is 2.16. The van der Waals surface area contributed by atoms with Crippen molar-refractivity contribution in [2.75, 3.05) is 5.32 Å². The van der Waals surface area contributed by atoms with Crippen LogP contribution in [0.3, 0.4) is 0 Å². The van der Waals surface area contributed by atoms with Gasteiger partial charge in [-0.2, -0.15) is 14.6 Å². The number of anilines is 1. The van der Waals surface area contributed by atoms with Crippen molar-refractivity contribution >= 4 is 17.0 Å². The van der Waals surface area contributed by atoms with E-state index in [4.69, 9.17) is 0 Å². The van der Waals surface area contributed by atoms with Crippen LogP contribution < -0.4 is 5.32 Å². The SMILES string of the molecule is Cc1nn(C)cc1Cn1cc(NCc2ccc(F)s2)cn1. The van der Waals surface area contributed by atoms with Crippen LogP contribution in [0.25, 0.3) is 0 Å². The molecule has 0 fully saturated rings. The van der Waals surface area contributed by atoms with Gasteiger partial charge in [-0.05, 0) is 19.1 Å². The fraction of sp³-hybridized carbons (Fsp3) is 0.286. The number of aromatic nitrogens is 4. The quantitative estimate of drug-likeness (QED) is 0.788. The zero-order valence-electron chi connectivity index (χ0n) is 11.9. The van der Waals surface area contributed by atoms with Gasteiger partial charge in [0, 0.05) is 36.4 Å². The van der Waals surface area contributed by atoms with Crippen molar-refractivity contribution in [1.29, 1.82) is 0 Å². The van der Waals surface area contributed by atoms with Crippen LogP contribution in [0.15, 0.2) is 30.7 Å². The molecule has 7 heteroatoms. The fourth-order valence-electron chi connectivity index (χ4n) is 2.16. The van der Waals surface area contributed by atoms with E-state index < -0.39 is 0 Å². The fourth-order valence-corrected chi connectivity index (χ4v) is 2.82. The van der Waals surface area contributed by atoms with Gasteiger partial charge in [0.25, 0.3) is 0 Å². The van der Waals surface area contributed by atoms with Crippen molar-refractivity contribution in [2.24, 2.45) is 7.05 Å². The number of rotatable bonds is 5. The van der Waals surface area contributed by atoms with Crippen LogP contribution in [0.2, 0.25) is 0 Å². The van der Waals surface area contributed by atoms with E-state index >= 15 is 0 Å². The number of aryl methyl sites for hydroxylation is 2. The molecule has 21 heavy (non-hydrogen) atoms. The van der Waals surface area contributed by atoms with Gasteiger partial charge in [0.05, 0.1) is 24.1 Å². The van der Waals surface area contributed by atoms with Crippen molar-refractivity contribution in [3.05, 3.63) is 52.0 Å². The van der Waals surface area contributed by atoms with Gasteiger partial charge in [-0.15, -0.1) is 11.3 Å². The van der Waals surface area contributed by atoms with E-state index in [2.05, 4.69) is 15.5 Å². The minimum absolute atomic E-state index is 0.158. The Kier molecular flexibility index (Phi) is 3.74. The Morgan fingerprint density at radius 3 is 2.86 bits per heavy atom. The van der Waals surface area contributed by atoms with Crippen LogP contribution in [0.4, 0.5) is 10.1 Å². The Bertz CT molecular complexity index is 742. The smallest absolute Gasteiger partial charge is 0.176 e. The monoisotopic (exact) mass is 305 g/mol. The topological polar surface area (TPSA) is 47.7 Å². The molecule has 0 spiro atoms. The number of halogens is 1. The van der Waals surface area contributed by atoms with Crippen LogP contribution in [0, 0.1) is 12.1 Å². The standard InChI is InChI=1S/C14H16FN5S/c1-10-11(7-19(2)18-10)8-20-9-12(5-17-20)16-6-13-3-4-14(15)21-13/h3-5,7,9,16H,6,8H2,1-2H3. The lowest BCUT2D eigenvalue weighted by Gasteiger charge is -2.01. The Balaban J connectivity index is 1.62. The van der Waals surface area contributed by atoms with E-state index in [0.717, 1.165) is 33.2 Å². The molecule has 3 rings (SSSR count). The first kappa shape index (κ1) is 13.8. The maximum atomic E-state index is 12.9. The average Bonchev–Trinajstić information content (AvgIpc) is 3.11. The Labute approximate surface area is 126 Å². The van der Waals surface area contributed by atoms with Crippen LogP contribution in [-0.4, -0.2) is 19.6 Å². The van der Waals surface area contributed by atoms with Gasteiger partial charge < -0.3 is 5.32 Å². The summed E-state index contributed by atoms with van der Waals surface area (Å²) in [5.74, 6) is 0. The van der Waals surface area contributed by atoms with Gasteiger partial charge in [0.2, 0.25) is 0 Å². The molecule has 3 aromatic rings. The predicted molar refractivity (Wildman–Crippen MR) is 80.9 cm³/mol. The van der Waals surface area contributed by atoms with Crippen LogP contribution in [0.5, 0.6) is 0 Å². The van der Waals surface area contributed by atoms with Crippen molar-refractivity contribution in [3.63, 3.8) is 0 Å². The molecule has 0 amide bonds. The van der Waals surface area contributed by atoms with Gasteiger partial charge in [-0.1, -0.05) is 0 Å². The molecule has 0 aromatic carbocycles. The molecule has 0 unspecified atom stereocenters. The van der Waals surface area contributed by atoms with Crippen molar-refractivity contribution < 1.29 is 4.39 Å². The van der Waals surface area contributed by atoms with Crippen molar-refractivity contribution in [2.45, 2.75) is 20.0 Å². The van der Waals surface area contributed by atoms with Gasteiger partial charge in [0.1, 0.15) is 0 Å². The average molecular weight is 305 g/mol. The predicted octanol–water partition coefficient (Wildman–Crippen LogP) is 2.79. The summed E-state index contributed by atoms with van der Waals surface area (Å²) in [6.07, 6.45) is 5.71. The minimum Gasteiger partial charge on any atom is -0.378 e. The number of nitrogens with one attached hydrogen (secondary N) is 1. The van der Waals surface area contributed by atoms with Crippen molar-refractivity contribution in [3.8, 4) is 0 Å². The van der Waals surface area contributed by atoms with Gasteiger partial charge in [-0.25, -0.2) is 0 Å². The first-order valence-corrected chi connectivity index (χ1v) is 7.41. The molecule has 3 heterocycles. The van der Waals surface area contributed by atoms with E-state index in [-0.39, 0.29) is 5.13 Å². The second-order valence-corrected chi connectivity index (χ2v) is 6.02. The highest BCUT2D eigenvalue weighted by Gasteiger charge is 2.06. The van der Waals surface area contributed by atoms with E-state index in [1.165, 1.54) is 6.07 Å². The summed E-state index contributed by atoms with van der Waals surface area (Å²) in [5.41, 5.74) is 3.08. The lowest BCUT2D eigenvalue weighted by atomic mass is 10.3. The molecule has 0 atom stereocenters. The molecule has 110 valence electrons. The van der Waals surface area contributed by atoms with Crippen LogP contribution in [-0.2, 0) is 20.1 Å². The maximum absolute atomic E-state index is 12.9. The zero-order valence-corrected chi connectivity index (χ0v) is 12.7. The third-order valence-electron chi connectivity index (χ3n) is 3.18. The third kappa shape index (κ3) is 3.30. The summed E-state index contributed by atoms with van der Waals surface area (Å²) in [5, 5.41) is 11.7. The van der Waals surface area contributed by atoms with E-state index in [1.54, 1.807) is 16.9 Å². The molecule has 0 aliphatic rings. The largest absolute Gasteiger partial charge is 0.378 e. The number of hydrogen-bond donors (Lipinski definition) is 1. The first-order valence-electron chi connectivity index (χ1n) is 6.60. The maximum Gasteiger partial charge on any atom is 0.176 e. The molecule has 0 aliphatic carbocycles.